The van der Waals surface area contributed by atoms with Gasteiger partial charge in [-0.05, 0) is 55.5 Å². The van der Waals surface area contributed by atoms with Gasteiger partial charge in [0.1, 0.15) is 12.3 Å². The number of rotatable bonds is 7. The number of esters is 2. The molecular formula is C26H17Cl2NO7. The van der Waals surface area contributed by atoms with E-state index in [1.165, 1.54) is 36.4 Å². The van der Waals surface area contributed by atoms with E-state index in [-0.39, 0.29) is 32.5 Å². The molecule has 0 spiro atoms. The summed E-state index contributed by atoms with van der Waals surface area (Å²) >= 11 is 11.8. The average molecular weight is 526 g/mol. The lowest BCUT2D eigenvalue weighted by atomic mass is 10.1. The number of aryl methyl sites for hydroxylation is 1. The molecule has 4 rings (SSSR count). The maximum Gasteiger partial charge on any atom is 0.343 e. The molecular weight excluding hydrogens is 509 g/mol. The van der Waals surface area contributed by atoms with E-state index in [9.17, 15) is 24.0 Å². The average Bonchev–Trinajstić information content (AvgIpc) is 3.07. The van der Waals surface area contributed by atoms with Crippen LogP contribution < -0.4 is 4.74 Å². The minimum Gasteiger partial charge on any atom is -0.456 e. The van der Waals surface area contributed by atoms with Gasteiger partial charge < -0.3 is 9.47 Å². The lowest BCUT2D eigenvalue weighted by molar-refractivity contribution is -0.142. The van der Waals surface area contributed by atoms with Crippen molar-refractivity contribution in [1.82, 2.24) is 4.90 Å². The highest BCUT2D eigenvalue weighted by Gasteiger charge is 2.37. The second-order valence-electron chi connectivity index (χ2n) is 7.87. The highest BCUT2D eigenvalue weighted by atomic mass is 35.5. The van der Waals surface area contributed by atoms with Crippen LogP contribution in [-0.4, -0.2) is 47.6 Å². The Morgan fingerprint density at radius 3 is 1.89 bits per heavy atom. The van der Waals surface area contributed by atoms with Crippen LogP contribution >= 0.6 is 23.2 Å². The first-order chi connectivity index (χ1) is 17.1. The fourth-order valence-electron chi connectivity index (χ4n) is 3.40. The number of carbonyl (C=O) groups is 5. The van der Waals surface area contributed by atoms with Crippen LogP contribution in [0.25, 0.3) is 0 Å². The quantitative estimate of drug-likeness (QED) is 0.193. The number of Topliss-reactive ketones (excluding diaryl/α,β-unsaturated/α-hetero) is 1. The van der Waals surface area contributed by atoms with Gasteiger partial charge in [-0.2, -0.15) is 0 Å². The summed E-state index contributed by atoms with van der Waals surface area (Å²) in [6.45, 7) is 0.615. The van der Waals surface area contributed by atoms with Gasteiger partial charge >= 0.3 is 11.9 Å². The van der Waals surface area contributed by atoms with Gasteiger partial charge in [0.05, 0.1) is 26.7 Å². The molecule has 3 aromatic carbocycles. The second kappa shape index (κ2) is 10.3. The van der Waals surface area contributed by atoms with Crippen molar-refractivity contribution in [2.45, 2.75) is 6.92 Å². The third-order valence-electron chi connectivity index (χ3n) is 5.34. The van der Waals surface area contributed by atoms with E-state index in [0.717, 1.165) is 5.56 Å². The Morgan fingerprint density at radius 2 is 1.33 bits per heavy atom. The van der Waals surface area contributed by atoms with Crippen molar-refractivity contribution in [2.24, 2.45) is 0 Å². The Kier molecular flexibility index (Phi) is 7.19. The van der Waals surface area contributed by atoms with Crippen LogP contribution in [0.4, 0.5) is 0 Å². The van der Waals surface area contributed by atoms with E-state index in [1.54, 1.807) is 24.3 Å². The summed E-state index contributed by atoms with van der Waals surface area (Å²) in [5, 5.41) is 0.199. The zero-order chi connectivity index (χ0) is 26.0. The predicted octanol–water partition coefficient (Wildman–Crippen LogP) is 4.54. The first kappa shape index (κ1) is 25.1. The minimum absolute atomic E-state index is 0.0291. The summed E-state index contributed by atoms with van der Waals surface area (Å²) in [6, 6.07) is 15.1. The van der Waals surface area contributed by atoms with Crippen LogP contribution in [-0.2, 0) is 9.53 Å². The molecule has 0 unspecified atom stereocenters. The summed E-state index contributed by atoms with van der Waals surface area (Å²) in [6.07, 6.45) is 0. The Morgan fingerprint density at radius 1 is 0.806 bits per heavy atom. The SMILES string of the molecule is Cc1ccc(C(=O)Oc2ccc(C(=O)COC(=O)CN3C(=O)c4cc(Cl)c(Cl)cc4C3=O)cc2)cc1. The van der Waals surface area contributed by atoms with E-state index >= 15 is 0 Å². The number of ketones is 1. The largest absolute Gasteiger partial charge is 0.456 e. The normalized spacial score (nSPS) is 12.4. The number of hydrogen-bond acceptors (Lipinski definition) is 7. The Labute approximate surface area is 215 Å². The molecule has 0 aromatic heterocycles. The van der Waals surface area contributed by atoms with Crippen molar-refractivity contribution in [3.8, 4) is 5.75 Å². The second-order valence-corrected chi connectivity index (χ2v) is 8.69. The number of imide groups is 1. The first-order valence-corrected chi connectivity index (χ1v) is 11.3. The van der Waals surface area contributed by atoms with Crippen molar-refractivity contribution in [1.29, 1.82) is 0 Å². The van der Waals surface area contributed by atoms with E-state index in [4.69, 9.17) is 32.7 Å². The van der Waals surface area contributed by atoms with Crippen molar-refractivity contribution in [2.75, 3.05) is 13.2 Å². The van der Waals surface area contributed by atoms with Crippen LogP contribution in [0.1, 0.15) is 47.0 Å². The maximum atomic E-state index is 12.5. The van der Waals surface area contributed by atoms with Crippen LogP contribution in [0.3, 0.4) is 0 Å². The van der Waals surface area contributed by atoms with Gasteiger partial charge in [-0.25, -0.2) is 4.79 Å². The predicted molar refractivity (Wildman–Crippen MR) is 130 cm³/mol. The monoisotopic (exact) mass is 525 g/mol. The van der Waals surface area contributed by atoms with Gasteiger partial charge in [0.2, 0.25) is 0 Å². The molecule has 3 aromatic rings. The summed E-state index contributed by atoms with van der Waals surface area (Å²) < 4.78 is 10.2. The van der Waals surface area contributed by atoms with Crippen molar-refractivity contribution in [3.63, 3.8) is 0 Å². The fraction of sp³-hybridized carbons (Fsp3) is 0.115. The summed E-state index contributed by atoms with van der Waals surface area (Å²) in [7, 11) is 0. The molecule has 1 heterocycles. The topological polar surface area (TPSA) is 107 Å². The Balaban J connectivity index is 1.30. The molecule has 182 valence electrons. The number of halogens is 2. The molecule has 0 saturated carbocycles. The molecule has 1 aliphatic heterocycles. The molecule has 0 atom stereocenters. The highest BCUT2D eigenvalue weighted by molar-refractivity contribution is 6.43. The third-order valence-corrected chi connectivity index (χ3v) is 6.06. The lowest BCUT2D eigenvalue weighted by Crippen LogP contribution is -2.36. The Bertz CT molecular complexity index is 1360. The number of ether oxygens (including phenoxy) is 2. The summed E-state index contributed by atoms with van der Waals surface area (Å²) in [4.78, 5) is 62.4. The molecule has 10 heteroatoms. The maximum absolute atomic E-state index is 12.5. The number of hydrogen-bond donors (Lipinski definition) is 0. The molecule has 36 heavy (non-hydrogen) atoms. The van der Waals surface area contributed by atoms with Gasteiger partial charge in [-0.1, -0.05) is 40.9 Å². The van der Waals surface area contributed by atoms with Crippen LogP contribution in [0, 0.1) is 6.92 Å². The summed E-state index contributed by atoms with van der Waals surface area (Å²) in [5.41, 5.74) is 1.66. The van der Waals surface area contributed by atoms with Gasteiger partial charge in [0.25, 0.3) is 11.8 Å². The molecule has 0 radical (unpaired) electrons. The van der Waals surface area contributed by atoms with Crippen LogP contribution in [0.15, 0.2) is 60.7 Å². The Hall–Kier alpha value is -4.01. The fourth-order valence-corrected chi connectivity index (χ4v) is 3.72. The van der Waals surface area contributed by atoms with Gasteiger partial charge in [0.15, 0.2) is 12.4 Å². The number of benzene rings is 3. The lowest BCUT2D eigenvalue weighted by Gasteiger charge is -2.12. The number of nitrogens with zero attached hydrogens (tertiary/aromatic N) is 1. The summed E-state index contributed by atoms with van der Waals surface area (Å²) in [5.74, 6) is -3.21. The van der Waals surface area contributed by atoms with Crippen LogP contribution in [0.2, 0.25) is 10.0 Å². The van der Waals surface area contributed by atoms with Crippen LogP contribution in [0.5, 0.6) is 5.75 Å². The highest BCUT2D eigenvalue weighted by Crippen LogP contribution is 2.31. The van der Waals surface area contributed by atoms with Crippen molar-refractivity contribution >= 4 is 52.7 Å². The number of fused-ring (bicyclic) bond motifs is 1. The van der Waals surface area contributed by atoms with E-state index < -0.39 is 42.7 Å². The minimum atomic E-state index is -0.946. The zero-order valence-corrected chi connectivity index (χ0v) is 20.3. The molecule has 0 N–H and O–H groups in total. The number of carbonyl (C=O) groups excluding carboxylic acids is 5. The van der Waals surface area contributed by atoms with Gasteiger partial charge in [0, 0.05) is 5.56 Å². The molecule has 2 amide bonds. The molecule has 1 aliphatic rings. The van der Waals surface area contributed by atoms with E-state index in [2.05, 4.69) is 0 Å². The standard InChI is InChI=1S/C26H17Cl2NO7/c1-14-2-4-16(5-3-14)26(34)36-17-8-6-15(7-9-17)22(30)13-35-23(31)12-29-24(32)18-10-20(27)21(28)11-19(18)25(29)33/h2-11H,12-13H2,1H3. The molecule has 0 aliphatic carbocycles. The van der Waals surface area contributed by atoms with Gasteiger partial charge in [-0.15, -0.1) is 0 Å². The zero-order valence-electron chi connectivity index (χ0n) is 18.7. The molecule has 8 nitrogen and oxygen atoms in total. The molecule has 0 bridgehead atoms. The smallest absolute Gasteiger partial charge is 0.343 e. The molecule has 0 fully saturated rings. The van der Waals surface area contributed by atoms with Crippen molar-refractivity contribution in [3.05, 3.63) is 98.5 Å². The van der Waals surface area contributed by atoms with Crippen molar-refractivity contribution < 1.29 is 33.4 Å². The van der Waals surface area contributed by atoms with Gasteiger partial charge in [-0.3, -0.25) is 24.1 Å². The number of amides is 2. The van der Waals surface area contributed by atoms with E-state index in [1.807, 2.05) is 6.92 Å². The first-order valence-electron chi connectivity index (χ1n) is 10.6. The third kappa shape index (κ3) is 5.30. The molecule has 0 saturated heterocycles. The van der Waals surface area contributed by atoms with E-state index in [0.29, 0.717) is 10.5 Å².